The van der Waals surface area contributed by atoms with Crippen LogP contribution in [0.2, 0.25) is 13.1 Å². The highest BCUT2D eigenvalue weighted by Gasteiger charge is 2.53. The number of rotatable bonds is 9. The van der Waals surface area contributed by atoms with Crippen molar-refractivity contribution in [3.63, 3.8) is 0 Å². The van der Waals surface area contributed by atoms with Crippen LogP contribution >= 0.6 is 0 Å². The maximum Gasteiger partial charge on any atom is 0.217 e. The molecular formula is C27H34O2Si. The fraction of sp³-hybridized carbons (Fsp3) is 0.333. The van der Waals surface area contributed by atoms with E-state index in [2.05, 4.69) is 118 Å². The van der Waals surface area contributed by atoms with Gasteiger partial charge in [-0.1, -0.05) is 97.9 Å². The lowest BCUT2D eigenvalue weighted by Crippen LogP contribution is -2.59. The van der Waals surface area contributed by atoms with Crippen LogP contribution in [0, 0.1) is 0 Å². The SMILES string of the molecule is CC[C@H](C)O[Si](C)(C)[C@H](OC)C(c1ccccc1)(c1ccccc1)c1ccccc1. The van der Waals surface area contributed by atoms with E-state index in [1.807, 2.05) is 7.11 Å². The molecule has 0 saturated carbocycles. The van der Waals surface area contributed by atoms with Crippen molar-refractivity contribution in [3.05, 3.63) is 108 Å². The fourth-order valence-electron chi connectivity index (χ4n) is 4.70. The molecule has 0 aliphatic carbocycles. The number of ether oxygens (including phenoxy) is 1. The van der Waals surface area contributed by atoms with Crippen LogP contribution in [-0.4, -0.2) is 27.3 Å². The standard InChI is InChI=1S/C27H34O2Si/c1-6-22(2)29-30(4,5)26(28-3)27(23-16-10-7-11-17-23,24-18-12-8-13-19-24)25-20-14-9-15-21-25/h7-22,26H,6H2,1-5H3/t22-,26-/m0/s1. The van der Waals surface area contributed by atoms with Crippen LogP contribution in [0.4, 0.5) is 0 Å². The van der Waals surface area contributed by atoms with Gasteiger partial charge in [0.05, 0.1) is 11.1 Å². The molecule has 0 heterocycles. The smallest absolute Gasteiger partial charge is 0.217 e. The minimum absolute atomic E-state index is 0.119. The van der Waals surface area contributed by atoms with Gasteiger partial charge < -0.3 is 9.16 Å². The highest BCUT2D eigenvalue weighted by molar-refractivity contribution is 6.73. The first-order valence-electron chi connectivity index (χ1n) is 10.8. The number of methoxy groups -OCH3 is 1. The third-order valence-corrected chi connectivity index (χ3v) is 8.97. The highest BCUT2D eigenvalue weighted by atomic mass is 28.4. The molecule has 0 aliphatic heterocycles. The Labute approximate surface area is 183 Å². The molecule has 0 spiro atoms. The van der Waals surface area contributed by atoms with E-state index < -0.39 is 13.7 Å². The molecule has 2 atom stereocenters. The Balaban J connectivity index is 2.35. The Morgan fingerprint density at radius 1 is 0.733 bits per heavy atom. The summed E-state index contributed by atoms with van der Waals surface area (Å²) in [4.78, 5) is 0. The van der Waals surface area contributed by atoms with Crippen LogP contribution in [0.15, 0.2) is 91.0 Å². The molecule has 3 aromatic carbocycles. The van der Waals surface area contributed by atoms with Gasteiger partial charge in [0.25, 0.3) is 0 Å². The predicted molar refractivity (Wildman–Crippen MR) is 128 cm³/mol. The predicted octanol–water partition coefficient (Wildman–Crippen LogP) is 6.60. The second-order valence-electron chi connectivity index (χ2n) is 8.46. The topological polar surface area (TPSA) is 18.5 Å². The lowest BCUT2D eigenvalue weighted by molar-refractivity contribution is 0.0824. The molecule has 0 unspecified atom stereocenters. The molecule has 0 fully saturated rings. The Kier molecular flexibility index (Phi) is 7.30. The zero-order valence-electron chi connectivity index (χ0n) is 18.8. The lowest BCUT2D eigenvalue weighted by Gasteiger charge is -2.48. The summed E-state index contributed by atoms with van der Waals surface area (Å²) in [5.41, 5.74) is 3.08. The van der Waals surface area contributed by atoms with Crippen LogP contribution < -0.4 is 0 Å². The molecule has 0 bridgehead atoms. The van der Waals surface area contributed by atoms with E-state index in [1.54, 1.807) is 0 Å². The Morgan fingerprint density at radius 2 is 1.10 bits per heavy atom. The third kappa shape index (κ3) is 4.29. The first-order valence-corrected chi connectivity index (χ1v) is 13.8. The molecule has 30 heavy (non-hydrogen) atoms. The van der Waals surface area contributed by atoms with Crippen molar-refractivity contribution in [2.45, 2.75) is 50.6 Å². The van der Waals surface area contributed by atoms with Crippen molar-refractivity contribution in [1.82, 2.24) is 0 Å². The average molecular weight is 419 g/mol. The van der Waals surface area contributed by atoms with Crippen LogP contribution in [0.3, 0.4) is 0 Å². The minimum Gasteiger partial charge on any atom is -0.412 e. The molecule has 3 heteroatoms. The molecule has 0 aromatic heterocycles. The average Bonchev–Trinajstić information content (AvgIpc) is 2.78. The first-order chi connectivity index (χ1) is 14.5. The van der Waals surface area contributed by atoms with E-state index in [1.165, 1.54) is 16.7 Å². The molecule has 0 radical (unpaired) electrons. The summed E-state index contributed by atoms with van der Waals surface area (Å²) in [6, 6.07) is 32.3. The number of benzene rings is 3. The summed E-state index contributed by atoms with van der Waals surface area (Å²) < 4.78 is 13.2. The van der Waals surface area contributed by atoms with Crippen molar-refractivity contribution in [1.29, 1.82) is 0 Å². The molecular weight excluding hydrogens is 384 g/mol. The maximum atomic E-state index is 6.72. The maximum absolute atomic E-state index is 6.72. The third-order valence-electron chi connectivity index (χ3n) is 6.03. The number of hydrogen-bond acceptors (Lipinski definition) is 2. The van der Waals surface area contributed by atoms with E-state index in [0.29, 0.717) is 0 Å². The van der Waals surface area contributed by atoms with Crippen LogP contribution in [0.25, 0.3) is 0 Å². The van der Waals surface area contributed by atoms with Gasteiger partial charge in [-0.3, -0.25) is 0 Å². The zero-order valence-corrected chi connectivity index (χ0v) is 19.8. The van der Waals surface area contributed by atoms with E-state index in [0.717, 1.165) is 6.42 Å². The molecule has 0 N–H and O–H groups in total. The molecule has 0 saturated heterocycles. The number of hydrogen-bond donors (Lipinski definition) is 0. The molecule has 3 aromatic rings. The second kappa shape index (κ2) is 9.74. The summed E-state index contributed by atoms with van der Waals surface area (Å²) in [5.74, 6) is 0. The Bertz CT molecular complexity index is 797. The quantitative estimate of drug-likeness (QED) is 0.288. The van der Waals surface area contributed by atoms with Crippen molar-refractivity contribution in [3.8, 4) is 0 Å². The zero-order chi connectivity index (χ0) is 21.6. The van der Waals surface area contributed by atoms with Crippen molar-refractivity contribution >= 4 is 8.32 Å². The molecule has 2 nitrogen and oxygen atoms in total. The Hall–Kier alpha value is -2.20. The minimum atomic E-state index is -2.32. The summed E-state index contributed by atoms with van der Waals surface area (Å²) in [7, 11) is -0.487. The summed E-state index contributed by atoms with van der Waals surface area (Å²) >= 11 is 0. The van der Waals surface area contributed by atoms with Crippen LogP contribution in [0.1, 0.15) is 37.0 Å². The van der Waals surface area contributed by atoms with Crippen molar-refractivity contribution in [2.75, 3.05) is 7.11 Å². The lowest BCUT2D eigenvalue weighted by atomic mass is 9.69. The van der Waals surface area contributed by atoms with Gasteiger partial charge >= 0.3 is 0 Å². The first kappa shape index (κ1) is 22.5. The van der Waals surface area contributed by atoms with Crippen LogP contribution in [0.5, 0.6) is 0 Å². The van der Waals surface area contributed by atoms with E-state index in [-0.39, 0.29) is 11.8 Å². The van der Waals surface area contributed by atoms with Gasteiger partial charge in [-0.2, -0.15) is 0 Å². The van der Waals surface area contributed by atoms with Gasteiger partial charge in [-0.25, -0.2) is 0 Å². The molecule has 158 valence electrons. The van der Waals surface area contributed by atoms with Crippen molar-refractivity contribution < 1.29 is 9.16 Å². The highest BCUT2D eigenvalue weighted by Crippen LogP contribution is 2.46. The summed E-state index contributed by atoms with van der Waals surface area (Å²) in [6.45, 7) is 8.92. The van der Waals surface area contributed by atoms with E-state index >= 15 is 0 Å². The normalized spacial score (nSPS) is 14.3. The summed E-state index contributed by atoms with van der Waals surface area (Å²) in [5, 5.41) is 0. The second-order valence-corrected chi connectivity index (χ2v) is 12.4. The van der Waals surface area contributed by atoms with Gasteiger partial charge in [-0.05, 0) is 43.1 Å². The molecule has 0 aliphatic rings. The van der Waals surface area contributed by atoms with Gasteiger partial charge in [0, 0.05) is 13.2 Å². The summed E-state index contributed by atoms with van der Waals surface area (Å²) in [6.07, 6.45) is 1.19. The van der Waals surface area contributed by atoms with Crippen molar-refractivity contribution in [2.24, 2.45) is 0 Å². The Morgan fingerprint density at radius 3 is 1.40 bits per heavy atom. The van der Waals surface area contributed by atoms with Gasteiger partial charge in [0.1, 0.15) is 0 Å². The largest absolute Gasteiger partial charge is 0.412 e. The van der Waals surface area contributed by atoms with E-state index in [4.69, 9.17) is 9.16 Å². The fourth-order valence-corrected chi connectivity index (χ4v) is 8.14. The van der Waals surface area contributed by atoms with Gasteiger partial charge in [0.15, 0.2) is 0 Å². The molecule has 3 rings (SSSR count). The van der Waals surface area contributed by atoms with Gasteiger partial charge in [0.2, 0.25) is 8.32 Å². The van der Waals surface area contributed by atoms with E-state index in [9.17, 15) is 0 Å². The molecule has 0 amide bonds. The monoisotopic (exact) mass is 418 g/mol. The van der Waals surface area contributed by atoms with Crippen LogP contribution in [-0.2, 0) is 14.6 Å². The van der Waals surface area contributed by atoms with Gasteiger partial charge in [-0.15, -0.1) is 0 Å².